The minimum absolute atomic E-state index is 0.784. The Hall–Kier alpha value is -2.16. The molecule has 3 heteroatoms. The maximum atomic E-state index is 6.01. The molecule has 0 radical (unpaired) electrons. The highest BCUT2D eigenvalue weighted by Gasteiger charge is 2.18. The lowest BCUT2D eigenvalue weighted by Crippen LogP contribution is -2.07. The van der Waals surface area contributed by atoms with Crippen molar-refractivity contribution in [3.63, 3.8) is 0 Å². The van der Waals surface area contributed by atoms with Gasteiger partial charge in [0.15, 0.2) is 0 Å². The van der Waals surface area contributed by atoms with Crippen molar-refractivity contribution in [2.75, 3.05) is 11.5 Å². The Kier molecular flexibility index (Phi) is 2.81. The van der Waals surface area contributed by atoms with Crippen LogP contribution in [0.15, 0.2) is 36.4 Å². The fraction of sp³-hybridized carbons (Fsp3) is 0.333. The molecule has 0 spiro atoms. The van der Waals surface area contributed by atoms with Crippen molar-refractivity contribution in [1.82, 2.24) is 4.57 Å². The zero-order valence-corrected chi connectivity index (χ0v) is 12.2. The third kappa shape index (κ3) is 2.04. The first-order chi connectivity index (χ1) is 10.2. The van der Waals surface area contributed by atoms with Crippen LogP contribution in [0.4, 0.5) is 11.4 Å². The minimum Gasteiger partial charge on any atom is -0.399 e. The van der Waals surface area contributed by atoms with Gasteiger partial charge < -0.3 is 16.0 Å². The van der Waals surface area contributed by atoms with Crippen molar-refractivity contribution >= 4 is 33.2 Å². The van der Waals surface area contributed by atoms with E-state index in [0.29, 0.717) is 0 Å². The van der Waals surface area contributed by atoms with Gasteiger partial charge in [0.25, 0.3) is 0 Å². The maximum Gasteiger partial charge on any atom is 0.0512 e. The van der Waals surface area contributed by atoms with Gasteiger partial charge in [0.05, 0.1) is 11.0 Å². The Bertz CT molecular complexity index is 751. The lowest BCUT2D eigenvalue weighted by atomic mass is 10.1. The van der Waals surface area contributed by atoms with Crippen LogP contribution in [0.3, 0.4) is 0 Å². The van der Waals surface area contributed by atoms with Crippen LogP contribution in [0.2, 0.25) is 0 Å². The normalized spacial score (nSPS) is 16.2. The fourth-order valence-electron chi connectivity index (χ4n) is 3.78. The van der Waals surface area contributed by atoms with Gasteiger partial charge in [-0.1, -0.05) is 25.0 Å². The highest BCUT2D eigenvalue weighted by molar-refractivity contribution is 6.09. The Morgan fingerprint density at radius 2 is 1.38 bits per heavy atom. The van der Waals surface area contributed by atoms with Gasteiger partial charge in [0.2, 0.25) is 0 Å². The fourth-order valence-corrected chi connectivity index (χ4v) is 3.78. The summed E-state index contributed by atoms with van der Waals surface area (Å²) in [7, 11) is 0. The molecule has 0 bridgehead atoms. The van der Waals surface area contributed by atoms with E-state index < -0.39 is 0 Å². The summed E-state index contributed by atoms with van der Waals surface area (Å²) in [5.74, 6) is 0.784. The molecule has 0 aliphatic heterocycles. The quantitative estimate of drug-likeness (QED) is 0.692. The summed E-state index contributed by atoms with van der Waals surface area (Å²) in [4.78, 5) is 0. The lowest BCUT2D eigenvalue weighted by Gasteiger charge is -2.13. The number of hydrogen-bond donors (Lipinski definition) is 2. The third-order valence-corrected chi connectivity index (χ3v) is 4.83. The summed E-state index contributed by atoms with van der Waals surface area (Å²) in [6.45, 7) is 1.08. The first-order valence-corrected chi connectivity index (χ1v) is 7.79. The monoisotopic (exact) mass is 279 g/mol. The predicted molar refractivity (Wildman–Crippen MR) is 90.2 cm³/mol. The Morgan fingerprint density at radius 1 is 0.857 bits per heavy atom. The van der Waals surface area contributed by atoms with Gasteiger partial charge in [0.1, 0.15) is 0 Å². The van der Waals surface area contributed by atoms with Crippen LogP contribution < -0.4 is 11.5 Å². The molecule has 2 aromatic carbocycles. The van der Waals surface area contributed by atoms with Crippen molar-refractivity contribution in [2.45, 2.75) is 32.2 Å². The number of nitrogens with two attached hydrogens (primary N) is 2. The molecule has 1 heterocycles. The molecule has 4 rings (SSSR count). The van der Waals surface area contributed by atoms with Gasteiger partial charge >= 0.3 is 0 Å². The Morgan fingerprint density at radius 3 is 1.90 bits per heavy atom. The molecule has 0 amide bonds. The van der Waals surface area contributed by atoms with Gasteiger partial charge in [-0.25, -0.2) is 0 Å². The van der Waals surface area contributed by atoms with Crippen LogP contribution in [-0.2, 0) is 6.54 Å². The van der Waals surface area contributed by atoms with Gasteiger partial charge in [-0.05, 0) is 43.0 Å². The standard InChI is InChI=1S/C18H21N3/c19-13-5-7-15-16-8-6-14(20)10-18(16)21(17(15)9-13)11-12-3-1-2-4-12/h5-10,12H,1-4,11,19-20H2. The summed E-state index contributed by atoms with van der Waals surface area (Å²) in [5.41, 5.74) is 16.2. The maximum absolute atomic E-state index is 6.01. The number of fused-ring (bicyclic) bond motifs is 3. The molecule has 3 aromatic rings. The van der Waals surface area contributed by atoms with Crippen LogP contribution in [0.25, 0.3) is 21.8 Å². The van der Waals surface area contributed by atoms with Gasteiger partial charge in [-0.2, -0.15) is 0 Å². The number of nitrogen functional groups attached to an aromatic ring is 2. The summed E-state index contributed by atoms with van der Waals surface area (Å²) in [6, 6.07) is 12.4. The highest BCUT2D eigenvalue weighted by atomic mass is 15.0. The number of anilines is 2. The highest BCUT2D eigenvalue weighted by Crippen LogP contribution is 2.34. The van der Waals surface area contributed by atoms with Crippen LogP contribution in [0.5, 0.6) is 0 Å². The molecular formula is C18H21N3. The van der Waals surface area contributed by atoms with Crippen molar-refractivity contribution in [2.24, 2.45) is 5.92 Å². The van der Waals surface area contributed by atoms with E-state index in [0.717, 1.165) is 23.8 Å². The van der Waals surface area contributed by atoms with E-state index >= 15 is 0 Å². The third-order valence-electron chi connectivity index (χ3n) is 4.83. The zero-order chi connectivity index (χ0) is 14.4. The molecule has 4 N–H and O–H groups in total. The van der Waals surface area contributed by atoms with Gasteiger partial charge in [-0.15, -0.1) is 0 Å². The topological polar surface area (TPSA) is 57.0 Å². The molecule has 0 atom stereocenters. The number of benzene rings is 2. The van der Waals surface area contributed by atoms with Crippen LogP contribution in [-0.4, -0.2) is 4.57 Å². The Labute approximate surface area is 124 Å². The molecule has 1 fully saturated rings. The molecule has 1 aliphatic rings. The average molecular weight is 279 g/mol. The average Bonchev–Trinajstić information content (AvgIpc) is 3.07. The van der Waals surface area contributed by atoms with E-state index in [9.17, 15) is 0 Å². The van der Waals surface area contributed by atoms with E-state index in [1.54, 1.807) is 0 Å². The van der Waals surface area contributed by atoms with Crippen molar-refractivity contribution < 1.29 is 0 Å². The smallest absolute Gasteiger partial charge is 0.0512 e. The second kappa shape index (κ2) is 4.69. The second-order valence-electron chi connectivity index (χ2n) is 6.31. The second-order valence-corrected chi connectivity index (χ2v) is 6.31. The predicted octanol–water partition coefficient (Wildman–Crippen LogP) is 4.15. The van der Waals surface area contributed by atoms with Crippen LogP contribution in [0, 0.1) is 5.92 Å². The summed E-state index contributed by atoms with van der Waals surface area (Å²) in [6.07, 6.45) is 5.41. The summed E-state index contributed by atoms with van der Waals surface area (Å²) in [5, 5.41) is 2.55. The van der Waals surface area contributed by atoms with Crippen molar-refractivity contribution in [3.05, 3.63) is 36.4 Å². The van der Waals surface area contributed by atoms with E-state index in [1.165, 1.54) is 47.5 Å². The summed E-state index contributed by atoms with van der Waals surface area (Å²) < 4.78 is 2.42. The largest absolute Gasteiger partial charge is 0.399 e. The van der Waals surface area contributed by atoms with E-state index in [-0.39, 0.29) is 0 Å². The van der Waals surface area contributed by atoms with Crippen molar-refractivity contribution in [1.29, 1.82) is 0 Å². The number of rotatable bonds is 2. The number of nitrogens with zero attached hydrogens (tertiary/aromatic N) is 1. The molecule has 1 aliphatic carbocycles. The summed E-state index contributed by atoms with van der Waals surface area (Å²) >= 11 is 0. The van der Waals surface area contributed by atoms with E-state index in [2.05, 4.69) is 28.8 Å². The number of aromatic nitrogens is 1. The molecule has 0 saturated heterocycles. The first-order valence-electron chi connectivity index (χ1n) is 7.79. The molecule has 3 nitrogen and oxygen atoms in total. The molecule has 1 aromatic heterocycles. The molecular weight excluding hydrogens is 258 g/mol. The van der Waals surface area contributed by atoms with Gasteiger partial charge in [-0.3, -0.25) is 0 Å². The lowest BCUT2D eigenvalue weighted by molar-refractivity contribution is 0.473. The van der Waals surface area contributed by atoms with Crippen LogP contribution >= 0.6 is 0 Å². The van der Waals surface area contributed by atoms with Crippen molar-refractivity contribution in [3.8, 4) is 0 Å². The first kappa shape index (κ1) is 12.6. The minimum atomic E-state index is 0.784. The van der Waals surface area contributed by atoms with E-state index in [1.807, 2.05) is 12.1 Å². The molecule has 0 unspecified atom stereocenters. The zero-order valence-electron chi connectivity index (χ0n) is 12.2. The SMILES string of the molecule is Nc1ccc2c3ccc(N)cc3n(CC3CCCC3)c2c1. The Balaban J connectivity index is 1.98. The molecule has 108 valence electrons. The van der Waals surface area contributed by atoms with Crippen LogP contribution in [0.1, 0.15) is 25.7 Å². The number of hydrogen-bond acceptors (Lipinski definition) is 2. The molecule has 21 heavy (non-hydrogen) atoms. The molecule has 1 saturated carbocycles. The van der Waals surface area contributed by atoms with Gasteiger partial charge in [0, 0.05) is 28.7 Å². The van der Waals surface area contributed by atoms with E-state index in [4.69, 9.17) is 11.5 Å².